The summed E-state index contributed by atoms with van der Waals surface area (Å²) in [6.07, 6.45) is 1.54. The number of thiophene rings is 1. The molecule has 6 heteroatoms. The molecule has 0 bridgehead atoms. The minimum atomic E-state index is -0.882. The molecular formula is C11H12N2O3S. The summed E-state index contributed by atoms with van der Waals surface area (Å²) in [6.45, 7) is 1.96. The number of oxazole rings is 1. The molecule has 0 unspecified atom stereocenters. The van der Waals surface area contributed by atoms with Crippen LogP contribution in [-0.4, -0.2) is 22.1 Å². The minimum absolute atomic E-state index is 0.377. The van der Waals surface area contributed by atoms with Crippen molar-refractivity contribution >= 4 is 17.3 Å². The van der Waals surface area contributed by atoms with Crippen LogP contribution >= 0.6 is 11.3 Å². The van der Waals surface area contributed by atoms with Crippen molar-refractivity contribution in [3.05, 3.63) is 29.5 Å². The van der Waals surface area contributed by atoms with E-state index in [0.717, 1.165) is 4.88 Å². The van der Waals surface area contributed by atoms with Crippen LogP contribution in [-0.2, 0) is 11.3 Å². The van der Waals surface area contributed by atoms with Crippen LogP contribution < -0.4 is 5.32 Å². The van der Waals surface area contributed by atoms with E-state index in [2.05, 4.69) is 10.3 Å². The fraction of sp³-hybridized carbons (Fsp3) is 0.273. The van der Waals surface area contributed by atoms with E-state index in [1.807, 2.05) is 17.5 Å². The number of nitrogens with zero attached hydrogens (tertiary/aromatic N) is 1. The second-order valence-electron chi connectivity index (χ2n) is 3.56. The zero-order chi connectivity index (χ0) is 12.3. The van der Waals surface area contributed by atoms with E-state index in [0.29, 0.717) is 18.1 Å². The van der Waals surface area contributed by atoms with Gasteiger partial charge >= 0.3 is 5.97 Å². The van der Waals surface area contributed by atoms with Gasteiger partial charge in [0.05, 0.1) is 10.6 Å². The van der Waals surface area contributed by atoms with Crippen LogP contribution in [0.1, 0.15) is 12.6 Å². The van der Waals surface area contributed by atoms with E-state index in [-0.39, 0.29) is 0 Å². The van der Waals surface area contributed by atoms with Gasteiger partial charge in [-0.1, -0.05) is 6.07 Å². The average Bonchev–Trinajstić information content (AvgIpc) is 2.95. The molecule has 0 aliphatic carbocycles. The Balaban J connectivity index is 1.97. The molecule has 0 aliphatic rings. The summed E-state index contributed by atoms with van der Waals surface area (Å²) in [6, 6.07) is 3.25. The summed E-state index contributed by atoms with van der Waals surface area (Å²) in [5.41, 5.74) is 0.696. The van der Waals surface area contributed by atoms with Gasteiger partial charge in [-0.25, -0.2) is 4.98 Å². The second kappa shape index (κ2) is 5.11. The lowest BCUT2D eigenvalue weighted by Crippen LogP contribution is -2.33. The molecule has 0 saturated heterocycles. The van der Waals surface area contributed by atoms with E-state index in [1.54, 1.807) is 18.3 Å². The Hall–Kier alpha value is -1.66. The summed E-state index contributed by atoms with van der Waals surface area (Å²) >= 11 is 1.55. The molecule has 90 valence electrons. The molecule has 2 rings (SSSR count). The van der Waals surface area contributed by atoms with Gasteiger partial charge in [-0.05, 0) is 18.4 Å². The molecule has 0 aliphatic heterocycles. The predicted octanol–water partition coefficient (Wildman–Crippen LogP) is 1.97. The number of carboxylic acids is 1. The molecule has 1 atom stereocenters. The number of aromatic nitrogens is 1. The molecular weight excluding hydrogens is 240 g/mol. The highest BCUT2D eigenvalue weighted by Crippen LogP contribution is 2.23. The Kier molecular flexibility index (Phi) is 3.55. The molecule has 0 amide bonds. The van der Waals surface area contributed by atoms with Crippen LogP contribution in [0.4, 0.5) is 0 Å². The van der Waals surface area contributed by atoms with E-state index >= 15 is 0 Å². The summed E-state index contributed by atoms with van der Waals surface area (Å²) in [7, 11) is 0. The molecule has 2 N–H and O–H groups in total. The summed E-state index contributed by atoms with van der Waals surface area (Å²) in [5, 5.41) is 13.5. The first-order chi connectivity index (χ1) is 8.16. The summed E-state index contributed by atoms with van der Waals surface area (Å²) in [4.78, 5) is 15.8. The maximum absolute atomic E-state index is 10.6. The molecule has 0 radical (unpaired) electrons. The number of hydrogen-bond donors (Lipinski definition) is 2. The highest BCUT2D eigenvalue weighted by atomic mass is 32.1. The van der Waals surface area contributed by atoms with Gasteiger partial charge in [0.2, 0.25) is 5.89 Å². The fourth-order valence-electron chi connectivity index (χ4n) is 1.25. The van der Waals surface area contributed by atoms with Crippen LogP contribution in [0.3, 0.4) is 0 Å². The first-order valence-corrected chi connectivity index (χ1v) is 5.99. The van der Waals surface area contributed by atoms with Gasteiger partial charge in [-0.2, -0.15) is 0 Å². The molecule has 2 heterocycles. The molecule has 0 saturated carbocycles. The zero-order valence-electron chi connectivity index (χ0n) is 9.21. The van der Waals surface area contributed by atoms with E-state index < -0.39 is 12.0 Å². The van der Waals surface area contributed by atoms with Gasteiger partial charge < -0.3 is 9.52 Å². The Labute approximate surface area is 102 Å². The Bertz CT molecular complexity index is 493. The van der Waals surface area contributed by atoms with Crippen molar-refractivity contribution in [2.24, 2.45) is 0 Å². The monoisotopic (exact) mass is 252 g/mol. The molecule has 0 fully saturated rings. The van der Waals surface area contributed by atoms with Crippen molar-refractivity contribution in [1.82, 2.24) is 10.3 Å². The van der Waals surface area contributed by atoms with Gasteiger partial charge in [-0.3, -0.25) is 10.1 Å². The predicted molar refractivity (Wildman–Crippen MR) is 63.8 cm³/mol. The minimum Gasteiger partial charge on any atom is -0.480 e. The molecule has 2 aromatic heterocycles. The number of carbonyl (C=O) groups is 1. The Morgan fingerprint density at radius 3 is 3.18 bits per heavy atom. The van der Waals surface area contributed by atoms with Crippen LogP contribution in [0.15, 0.2) is 28.2 Å². The number of rotatable bonds is 5. The standard InChI is InChI=1S/C11H12N2O3S/c1-7(11(14)15)12-5-8-6-16-10(13-8)9-3-2-4-17-9/h2-4,6-7,12H,5H2,1H3,(H,14,15)/t7-/m1/s1. The van der Waals surface area contributed by atoms with Gasteiger partial charge in [0.1, 0.15) is 12.3 Å². The number of carboxylic acid groups (broad SMARTS) is 1. The third-order valence-electron chi connectivity index (χ3n) is 2.24. The summed E-state index contributed by atoms with van der Waals surface area (Å²) in [5.74, 6) is -0.313. The number of nitrogens with one attached hydrogen (secondary N) is 1. The third-order valence-corrected chi connectivity index (χ3v) is 3.10. The van der Waals surface area contributed by atoms with Crippen molar-refractivity contribution in [2.45, 2.75) is 19.5 Å². The SMILES string of the molecule is C[C@@H](NCc1coc(-c2cccs2)n1)C(=O)O. The topological polar surface area (TPSA) is 75.4 Å². The van der Waals surface area contributed by atoms with E-state index in [9.17, 15) is 4.79 Å². The average molecular weight is 252 g/mol. The van der Waals surface area contributed by atoms with Crippen LogP contribution in [0.25, 0.3) is 10.8 Å². The first-order valence-electron chi connectivity index (χ1n) is 5.11. The number of hydrogen-bond acceptors (Lipinski definition) is 5. The lowest BCUT2D eigenvalue weighted by atomic mass is 10.3. The lowest BCUT2D eigenvalue weighted by molar-refractivity contribution is -0.139. The van der Waals surface area contributed by atoms with Crippen LogP contribution in [0.2, 0.25) is 0 Å². The lowest BCUT2D eigenvalue weighted by Gasteiger charge is -2.05. The van der Waals surface area contributed by atoms with Crippen LogP contribution in [0, 0.1) is 0 Å². The van der Waals surface area contributed by atoms with Gasteiger partial charge in [0.25, 0.3) is 0 Å². The molecule has 0 spiro atoms. The maximum atomic E-state index is 10.6. The third kappa shape index (κ3) is 2.92. The van der Waals surface area contributed by atoms with Crippen LogP contribution in [0.5, 0.6) is 0 Å². The Morgan fingerprint density at radius 2 is 2.53 bits per heavy atom. The summed E-state index contributed by atoms with van der Waals surface area (Å²) < 4.78 is 5.31. The first kappa shape index (κ1) is 11.8. The molecule has 5 nitrogen and oxygen atoms in total. The van der Waals surface area contributed by atoms with Crippen molar-refractivity contribution < 1.29 is 14.3 Å². The van der Waals surface area contributed by atoms with Gasteiger partial charge in [0, 0.05) is 6.54 Å². The smallest absolute Gasteiger partial charge is 0.320 e. The molecule has 17 heavy (non-hydrogen) atoms. The number of aliphatic carboxylic acids is 1. The van der Waals surface area contributed by atoms with Gasteiger partial charge in [0.15, 0.2) is 0 Å². The maximum Gasteiger partial charge on any atom is 0.320 e. The largest absolute Gasteiger partial charge is 0.480 e. The Morgan fingerprint density at radius 1 is 1.71 bits per heavy atom. The highest BCUT2D eigenvalue weighted by Gasteiger charge is 2.12. The van der Waals surface area contributed by atoms with Crippen molar-refractivity contribution in [1.29, 1.82) is 0 Å². The highest BCUT2D eigenvalue weighted by molar-refractivity contribution is 7.13. The second-order valence-corrected chi connectivity index (χ2v) is 4.51. The van der Waals surface area contributed by atoms with Crippen molar-refractivity contribution in [2.75, 3.05) is 0 Å². The van der Waals surface area contributed by atoms with Gasteiger partial charge in [-0.15, -0.1) is 11.3 Å². The molecule has 0 aromatic carbocycles. The normalized spacial score (nSPS) is 12.5. The molecule has 2 aromatic rings. The fourth-order valence-corrected chi connectivity index (χ4v) is 1.90. The zero-order valence-corrected chi connectivity index (χ0v) is 10.0. The van der Waals surface area contributed by atoms with E-state index in [4.69, 9.17) is 9.52 Å². The van der Waals surface area contributed by atoms with Crippen molar-refractivity contribution in [3.63, 3.8) is 0 Å². The van der Waals surface area contributed by atoms with E-state index in [1.165, 1.54) is 6.26 Å². The quantitative estimate of drug-likeness (QED) is 0.850. The van der Waals surface area contributed by atoms with Crippen molar-refractivity contribution in [3.8, 4) is 10.8 Å².